The number of aromatic amines is 1. The van der Waals surface area contributed by atoms with E-state index in [2.05, 4.69) is 20.9 Å². The molecule has 0 unspecified atom stereocenters. The molecule has 0 amide bonds. The van der Waals surface area contributed by atoms with E-state index in [-0.39, 0.29) is 17.7 Å². The predicted molar refractivity (Wildman–Crippen MR) is 46.8 cm³/mol. The summed E-state index contributed by atoms with van der Waals surface area (Å²) in [6.07, 6.45) is -0.302. The first-order chi connectivity index (χ1) is 6.00. The number of rotatable bonds is 3. The Morgan fingerprint density at radius 2 is 2.08 bits per heavy atom. The molecule has 0 aromatic carbocycles. The molecule has 1 aromatic heterocycles. The first-order valence-corrected chi connectivity index (χ1v) is 4.12. The molecule has 13 heavy (non-hydrogen) atoms. The van der Waals surface area contributed by atoms with Gasteiger partial charge in [-0.1, -0.05) is 0 Å². The monoisotopic (exact) mass is 247 g/mol. The van der Waals surface area contributed by atoms with Crippen LogP contribution < -0.4 is 0 Å². The highest BCUT2D eigenvalue weighted by atomic mass is 79.9. The number of halogens is 1. The number of aromatic nitrogens is 1. The van der Waals surface area contributed by atoms with Crippen molar-refractivity contribution in [2.75, 3.05) is 0 Å². The second-order valence-electron chi connectivity index (χ2n) is 2.39. The summed E-state index contributed by atoms with van der Waals surface area (Å²) in [6.45, 7) is 0. The lowest BCUT2D eigenvalue weighted by atomic mass is 10.2. The molecule has 0 aliphatic heterocycles. The smallest absolute Gasteiger partial charge is 0.352 e. The molecule has 0 aliphatic rings. The number of hydrogen-bond acceptors (Lipinski definition) is 2. The summed E-state index contributed by atoms with van der Waals surface area (Å²) in [5, 5.41) is 17.1. The molecule has 1 aromatic rings. The minimum absolute atomic E-state index is 0.0886. The number of aromatic carboxylic acids is 1. The van der Waals surface area contributed by atoms with Crippen LogP contribution in [0.25, 0.3) is 0 Å². The van der Waals surface area contributed by atoms with Crippen LogP contribution in [0.15, 0.2) is 10.7 Å². The van der Waals surface area contributed by atoms with Gasteiger partial charge in [0.1, 0.15) is 5.69 Å². The average Bonchev–Trinajstić information content (AvgIpc) is 2.29. The molecule has 70 valence electrons. The SMILES string of the molecule is O=C(O)Cc1cc(Br)[nH]c1C(=O)O. The first kappa shape index (κ1) is 9.79. The van der Waals surface area contributed by atoms with Crippen LogP contribution in [0.4, 0.5) is 0 Å². The van der Waals surface area contributed by atoms with E-state index in [0.29, 0.717) is 4.60 Å². The lowest BCUT2D eigenvalue weighted by Crippen LogP contribution is -2.06. The van der Waals surface area contributed by atoms with Crippen molar-refractivity contribution in [1.82, 2.24) is 4.98 Å². The number of carbonyl (C=O) groups is 2. The Morgan fingerprint density at radius 3 is 2.54 bits per heavy atom. The molecule has 0 atom stereocenters. The summed E-state index contributed by atoms with van der Waals surface area (Å²) >= 11 is 3.03. The van der Waals surface area contributed by atoms with E-state index in [0.717, 1.165) is 0 Å². The molecule has 5 nitrogen and oxygen atoms in total. The first-order valence-electron chi connectivity index (χ1n) is 3.33. The van der Waals surface area contributed by atoms with Gasteiger partial charge in [0, 0.05) is 0 Å². The third kappa shape index (κ3) is 2.32. The second-order valence-corrected chi connectivity index (χ2v) is 3.25. The molecule has 1 heterocycles. The molecule has 0 bridgehead atoms. The maximum atomic E-state index is 10.6. The average molecular weight is 248 g/mol. The molecule has 0 saturated carbocycles. The summed E-state index contributed by atoms with van der Waals surface area (Å²) in [6, 6.07) is 1.44. The lowest BCUT2D eigenvalue weighted by molar-refractivity contribution is -0.136. The lowest BCUT2D eigenvalue weighted by Gasteiger charge is -1.93. The van der Waals surface area contributed by atoms with Crippen LogP contribution in [0.5, 0.6) is 0 Å². The van der Waals surface area contributed by atoms with E-state index in [1.54, 1.807) is 0 Å². The van der Waals surface area contributed by atoms with E-state index in [1.807, 2.05) is 0 Å². The minimum atomic E-state index is -1.16. The number of aliphatic carboxylic acids is 1. The van der Waals surface area contributed by atoms with Crippen molar-refractivity contribution in [1.29, 1.82) is 0 Å². The van der Waals surface area contributed by atoms with Gasteiger partial charge in [0.15, 0.2) is 0 Å². The van der Waals surface area contributed by atoms with Crippen LogP contribution in [0.3, 0.4) is 0 Å². The third-order valence-electron chi connectivity index (χ3n) is 1.42. The second kappa shape index (κ2) is 3.61. The normalized spacial score (nSPS) is 9.92. The molecule has 0 fully saturated rings. The summed E-state index contributed by atoms with van der Waals surface area (Å²) in [5.74, 6) is -2.23. The Labute approximate surface area is 81.5 Å². The molecule has 0 radical (unpaired) electrons. The van der Waals surface area contributed by atoms with Gasteiger partial charge in [-0.25, -0.2) is 4.79 Å². The Kier molecular flexibility index (Phi) is 2.72. The van der Waals surface area contributed by atoms with Gasteiger partial charge in [-0.2, -0.15) is 0 Å². The van der Waals surface area contributed by atoms with Gasteiger partial charge in [-0.05, 0) is 27.6 Å². The molecule has 6 heteroatoms. The number of carboxylic acids is 2. The number of carboxylic acid groups (broad SMARTS) is 2. The molecule has 0 aliphatic carbocycles. The van der Waals surface area contributed by atoms with Gasteiger partial charge in [0.25, 0.3) is 0 Å². The van der Waals surface area contributed by atoms with Crippen LogP contribution in [0, 0.1) is 0 Å². The van der Waals surface area contributed by atoms with Crippen LogP contribution in [-0.2, 0) is 11.2 Å². The highest BCUT2D eigenvalue weighted by molar-refractivity contribution is 9.10. The zero-order chi connectivity index (χ0) is 10.0. The number of nitrogens with one attached hydrogen (secondary N) is 1. The summed E-state index contributed by atoms with van der Waals surface area (Å²) in [7, 11) is 0. The van der Waals surface area contributed by atoms with Crippen molar-refractivity contribution in [2.24, 2.45) is 0 Å². The fourth-order valence-electron chi connectivity index (χ4n) is 0.954. The molecular weight excluding hydrogens is 242 g/mol. The van der Waals surface area contributed by atoms with Crippen LogP contribution in [-0.4, -0.2) is 27.1 Å². The summed E-state index contributed by atoms with van der Waals surface area (Å²) < 4.78 is 0.459. The molecular formula is C7H6BrNO4. The van der Waals surface area contributed by atoms with Gasteiger partial charge in [0.05, 0.1) is 11.0 Å². The zero-order valence-corrected chi connectivity index (χ0v) is 7.96. The van der Waals surface area contributed by atoms with E-state index in [1.165, 1.54) is 6.07 Å². The fraction of sp³-hybridized carbons (Fsp3) is 0.143. The van der Waals surface area contributed by atoms with E-state index < -0.39 is 11.9 Å². The molecule has 0 saturated heterocycles. The van der Waals surface area contributed by atoms with Crippen LogP contribution in [0.1, 0.15) is 16.1 Å². The summed E-state index contributed by atoms with van der Waals surface area (Å²) in [5.41, 5.74) is 0.168. The Balaban J connectivity index is 3.04. The highest BCUT2D eigenvalue weighted by Crippen LogP contribution is 2.16. The zero-order valence-electron chi connectivity index (χ0n) is 6.37. The van der Waals surface area contributed by atoms with Crippen molar-refractivity contribution in [3.05, 3.63) is 21.9 Å². The van der Waals surface area contributed by atoms with Crippen molar-refractivity contribution in [2.45, 2.75) is 6.42 Å². The minimum Gasteiger partial charge on any atom is -0.481 e. The van der Waals surface area contributed by atoms with Crippen molar-refractivity contribution >= 4 is 27.9 Å². The Bertz CT molecular complexity index is 357. The van der Waals surface area contributed by atoms with Gasteiger partial charge in [0.2, 0.25) is 0 Å². The summed E-state index contributed by atoms with van der Waals surface area (Å²) in [4.78, 5) is 23.4. The standard InChI is InChI=1S/C7H6BrNO4/c8-4-1-3(2-5(10)11)6(9-4)7(12)13/h1,9H,2H2,(H,10,11)(H,12,13). The predicted octanol–water partition coefficient (Wildman–Crippen LogP) is 1.10. The topological polar surface area (TPSA) is 90.4 Å². The van der Waals surface area contributed by atoms with Gasteiger partial charge >= 0.3 is 11.9 Å². The third-order valence-corrected chi connectivity index (χ3v) is 1.85. The molecule has 0 spiro atoms. The fourth-order valence-corrected chi connectivity index (χ4v) is 1.43. The maximum Gasteiger partial charge on any atom is 0.352 e. The van der Waals surface area contributed by atoms with E-state index in [9.17, 15) is 9.59 Å². The number of hydrogen-bond donors (Lipinski definition) is 3. The van der Waals surface area contributed by atoms with Gasteiger partial charge < -0.3 is 15.2 Å². The van der Waals surface area contributed by atoms with Crippen molar-refractivity contribution < 1.29 is 19.8 Å². The van der Waals surface area contributed by atoms with Crippen molar-refractivity contribution in [3.63, 3.8) is 0 Å². The van der Waals surface area contributed by atoms with E-state index in [4.69, 9.17) is 10.2 Å². The maximum absolute atomic E-state index is 10.6. The Morgan fingerprint density at radius 1 is 1.46 bits per heavy atom. The quantitative estimate of drug-likeness (QED) is 0.747. The largest absolute Gasteiger partial charge is 0.481 e. The van der Waals surface area contributed by atoms with E-state index >= 15 is 0 Å². The van der Waals surface area contributed by atoms with Crippen molar-refractivity contribution in [3.8, 4) is 0 Å². The number of H-pyrrole nitrogens is 1. The van der Waals surface area contributed by atoms with Gasteiger partial charge in [-0.3, -0.25) is 4.79 Å². The van der Waals surface area contributed by atoms with Gasteiger partial charge in [-0.15, -0.1) is 0 Å². The molecule has 1 rings (SSSR count). The van der Waals surface area contributed by atoms with Crippen LogP contribution in [0.2, 0.25) is 0 Å². The Hall–Kier alpha value is -1.30. The highest BCUT2D eigenvalue weighted by Gasteiger charge is 2.15. The molecule has 3 N–H and O–H groups in total. The van der Waals surface area contributed by atoms with Crippen LogP contribution >= 0.6 is 15.9 Å².